The lowest BCUT2D eigenvalue weighted by molar-refractivity contribution is 0.0287. The number of rotatable bonds is 8. The van der Waals surface area contributed by atoms with Gasteiger partial charge in [-0.05, 0) is 6.07 Å². The van der Waals surface area contributed by atoms with Crippen LogP contribution in [0, 0.1) is 5.82 Å². The molecule has 0 saturated carbocycles. The van der Waals surface area contributed by atoms with Crippen molar-refractivity contribution in [1.82, 2.24) is 5.32 Å². The van der Waals surface area contributed by atoms with Gasteiger partial charge in [0, 0.05) is 32.9 Å². The number of benzene rings is 1. The molecule has 1 unspecified atom stereocenters. The van der Waals surface area contributed by atoms with Crippen molar-refractivity contribution >= 4 is 0 Å². The number of ether oxygens (including phenoxy) is 3. The summed E-state index contributed by atoms with van der Waals surface area (Å²) in [4.78, 5) is 0. The van der Waals surface area contributed by atoms with E-state index in [1.807, 2.05) is 0 Å². The summed E-state index contributed by atoms with van der Waals surface area (Å²) in [5.74, 6) is -0.0670. The summed E-state index contributed by atoms with van der Waals surface area (Å²) in [6.45, 7) is 1.53. The molecule has 1 atom stereocenters. The van der Waals surface area contributed by atoms with Gasteiger partial charge >= 0.3 is 0 Å². The zero-order valence-corrected chi connectivity index (χ0v) is 11.0. The predicted molar refractivity (Wildman–Crippen MR) is 67.3 cm³/mol. The lowest BCUT2D eigenvalue weighted by Crippen LogP contribution is -2.31. The van der Waals surface area contributed by atoms with Gasteiger partial charge in [0.15, 0.2) is 11.6 Å². The Bertz CT molecular complexity index is 360. The Labute approximate surface area is 107 Å². The zero-order valence-electron chi connectivity index (χ0n) is 11.0. The van der Waals surface area contributed by atoms with Crippen molar-refractivity contribution in [3.8, 4) is 5.75 Å². The maximum atomic E-state index is 13.8. The molecule has 0 saturated heterocycles. The summed E-state index contributed by atoms with van der Waals surface area (Å²) in [5, 5.41) is 3.13. The molecule has 0 aliphatic carbocycles. The van der Waals surface area contributed by atoms with E-state index in [1.165, 1.54) is 7.11 Å². The van der Waals surface area contributed by atoms with Gasteiger partial charge in [-0.15, -0.1) is 0 Å². The van der Waals surface area contributed by atoms with Gasteiger partial charge in [0.05, 0.1) is 19.8 Å². The fraction of sp³-hybridized carbons (Fsp3) is 0.538. The second-order valence-corrected chi connectivity index (χ2v) is 3.88. The smallest absolute Gasteiger partial charge is 0.169 e. The molecule has 5 heteroatoms. The molecule has 1 aromatic rings. The lowest BCUT2D eigenvalue weighted by atomic mass is 10.2. The van der Waals surface area contributed by atoms with Crippen molar-refractivity contribution in [2.24, 2.45) is 0 Å². The molecule has 102 valence electrons. The van der Waals surface area contributed by atoms with Crippen LogP contribution in [0.1, 0.15) is 5.56 Å². The van der Waals surface area contributed by atoms with Crippen LogP contribution in [0.4, 0.5) is 4.39 Å². The van der Waals surface area contributed by atoms with Crippen LogP contribution in [-0.4, -0.2) is 40.6 Å². The van der Waals surface area contributed by atoms with Crippen LogP contribution in [0.2, 0.25) is 0 Å². The number of hydrogen-bond acceptors (Lipinski definition) is 4. The van der Waals surface area contributed by atoms with Crippen molar-refractivity contribution in [2.75, 3.05) is 34.5 Å². The minimum absolute atomic E-state index is 0.0383. The first-order valence-electron chi connectivity index (χ1n) is 5.76. The van der Waals surface area contributed by atoms with Gasteiger partial charge in [-0.2, -0.15) is 0 Å². The first kappa shape index (κ1) is 14.9. The highest BCUT2D eigenvalue weighted by atomic mass is 19.1. The van der Waals surface area contributed by atoms with Gasteiger partial charge in [0.2, 0.25) is 0 Å². The Hall–Kier alpha value is -1.17. The Morgan fingerprint density at radius 1 is 1.28 bits per heavy atom. The van der Waals surface area contributed by atoms with Gasteiger partial charge in [-0.25, -0.2) is 4.39 Å². The first-order chi connectivity index (χ1) is 8.72. The third kappa shape index (κ3) is 4.25. The first-order valence-corrected chi connectivity index (χ1v) is 5.76. The average Bonchev–Trinajstić information content (AvgIpc) is 2.39. The number of halogens is 1. The van der Waals surface area contributed by atoms with Crippen LogP contribution >= 0.6 is 0 Å². The Morgan fingerprint density at radius 2 is 2.06 bits per heavy atom. The topological polar surface area (TPSA) is 39.7 Å². The monoisotopic (exact) mass is 257 g/mol. The van der Waals surface area contributed by atoms with Crippen molar-refractivity contribution in [3.63, 3.8) is 0 Å². The standard InChI is InChI=1S/C13H20FNO3/c1-16-9-11(17-2)8-15-7-10-5-4-6-12(18-3)13(10)14/h4-6,11,15H,7-9H2,1-3H3. The highest BCUT2D eigenvalue weighted by molar-refractivity contribution is 5.30. The summed E-state index contributed by atoms with van der Waals surface area (Å²) in [6.07, 6.45) is -0.0383. The largest absolute Gasteiger partial charge is 0.494 e. The van der Waals surface area contributed by atoms with Gasteiger partial charge in [0.25, 0.3) is 0 Å². The second-order valence-electron chi connectivity index (χ2n) is 3.88. The Morgan fingerprint density at radius 3 is 2.67 bits per heavy atom. The third-order valence-electron chi connectivity index (χ3n) is 2.64. The zero-order chi connectivity index (χ0) is 13.4. The highest BCUT2D eigenvalue weighted by Crippen LogP contribution is 2.19. The number of nitrogens with one attached hydrogen (secondary N) is 1. The predicted octanol–water partition coefficient (Wildman–Crippen LogP) is 1.59. The van der Waals surface area contributed by atoms with E-state index in [0.29, 0.717) is 25.3 Å². The van der Waals surface area contributed by atoms with Crippen LogP contribution in [0.25, 0.3) is 0 Å². The molecule has 0 aliphatic rings. The fourth-order valence-corrected chi connectivity index (χ4v) is 1.61. The summed E-state index contributed by atoms with van der Waals surface area (Å²) in [7, 11) is 4.69. The van der Waals surface area contributed by atoms with Crippen LogP contribution in [-0.2, 0) is 16.0 Å². The molecule has 1 aromatic carbocycles. The summed E-state index contributed by atoms with van der Waals surface area (Å²) in [6, 6.07) is 5.09. The van der Waals surface area contributed by atoms with E-state index >= 15 is 0 Å². The number of methoxy groups -OCH3 is 3. The molecule has 0 heterocycles. The Kier molecular flexibility index (Phi) is 6.64. The van der Waals surface area contributed by atoms with E-state index in [1.54, 1.807) is 32.4 Å². The Balaban J connectivity index is 2.48. The van der Waals surface area contributed by atoms with Gasteiger partial charge in [-0.3, -0.25) is 0 Å². The highest BCUT2D eigenvalue weighted by Gasteiger charge is 2.10. The minimum atomic E-state index is -0.326. The molecule has 0 aliphatic heterocycles. The summed E-state index contributed by atoms with van der Waals surface area (Å²) in [5.41, 5.74) is 0.571. The quantitative estimate of drug-likeness (QED) is 0.767. The molecule has 4 nitrogen and oxygen atoms in total. The molecule has 0 aromatic heterocycles. The molecule has 0 spiro atoms. The van der Waals surface area contributed by atoms with Gasteiger partial charge in [-0.1, -0.05) is 12.1 Å². The van der Waals surface area contributed by atoms with Crippen LogP contribution in [0.5, 0.6) is 5.75 Å². The van der Waals surface area contributed by atoms with Gasteiger partial charge < -0.3 is 19.5 Å². The molecule has 18 heavy (non-hydrogen) atoms. The van der Waals surface area contributed by atoms with E-state index in [0.717, 1.165) is 0 Å². The van der Waals surface area contributed by atoms with Crippen LogP contribution in [0.15, 0.2) is 18.2 Å². The molecule has 1 rings (SSSR count). The second kappa shape index (κ2) is 8.02. The molecular formula is C13H20FNO3. The van der Waals surface area contributed by atoms with E-state index in [9.17, 15) is 4.39 Å². The summed E-state index contributed by atoms with van der Waals surface area (Å²) < 4.78 is 28.9. The maximum absolute atomic E-state index is 13.8. The minimum Gasteiger partial charge on any atom is -0.494 e. The van der Waals surface area contributed by atoms with E-state index in [-0.39, 0.29) is 17.7 Å². The van der Waals surface area contributed by atoms with Crippen LogP contribution < -0.4 is 10.1 Å². The van der Waals surface area contributed by atoms with Crippen molar-refractivity contribution in [1.29, 1.82) is 0 Å². The lowest BCUT2D eigenvalue weighted by Gasteiger charge is -2.15. The van der Waals surface area contributed by atoms with Crippen molar-refractivity contribution in [2.45, 2.75) is 12.6 Å². The van der Waals surface area contributed by atoms with Crippen molar-refractivity contribution in [3.05, 3.63) is 29.6 Å². The van der Waals surface area contributed by atoms with E-state index < -0.39 is 0 Å². The molecule has 0 bridgehead atoms. The molecular weight excluding hydrogens is 237 g/mol. The van der Waals surface area contributed by atoms with Crippen molar-refractivity contribution < 1.29 is 18.6 Å². The summed E-state index contributed by atoms with van der Waals surface area (Å²) >= 11 is 0. The molecule has 0 amide bonds. The van der Waals surface area contributed by atoms with E-state index in [4.69, 9.17) is 14.2 Å². The van der Waals surface area contributed by atoms with Gasteiger partial charge in [0.1, 0.15) is 0 Å². The van der Waals surface area contributed by atoms with E-state index in [2.05, 4.69) is 5.32 Å². The third-order valence-corrected chi connectivity index (χ3v) is 2.64. The molecule has 0 fully saturated rings. The SMILES string of the molecule is COCC(CNCc1cccc(OC)c1F)OC. The average molecular weight is 257 g/mol. The normalized spacial score (nSPS) is 12.4. The fourth-order valence-electron chi connectivity index (χ4n) is 1.61. The number of hydrogen-bond donors (Lipinski definition) is 1. The van der Waals surface area contributed by atoms with Crippen LogP contribution in [0.3, 0.4) is 0 Å². The molecule has 1 N–H and O–H groups in total. The maximum Gasteiger partial charge on any atom is 0.169 e. The molecule has 0 radical (unpaired) electrons.